The quantitative estimate of drug-likeness (QED) is 0.737. The number of aromatic amines is 1. The molecule has 1 fully saturated rings. The molecule has 1 aliphatic rings. The third-order valence-corrected chi connectivity index (χ3v) is 2.39. The smallest absolute Gasteiger partial charge is 0.222 e. The van der Waals surface area contributed by atoms with Crippen LogP contribution in [0.15, 0.2) is 12.4 Å². The maximum atomic E-state index is 11.4. The van der Waals surface area contributed by atoms with Crippen molar-refractivity contribution < 1.29 is 4.79 Å². The van der Waals surface area contributed by atoms with Crippen molar-refractivity contribution in [3.05, 3.63) is 18.0 Å². The number of nitrogens with one attached hydrogen (secondary N) is 1. The van der Waals surface area contributed by atoms with Crippen LogP contribution in [0.3, 0.4) is 0 Å². The minimum Gasteiger partial charge on any atom is -0.343 e. The van der Waals surface area contributed by atoms with E-state index in [-0.39, 0.29) is 5.91 Å². The second-order valence-electron chi connectivity index (χ2n) is 3.34. The van der Waals surface area contributed by atoms with Crippen LogP contribution in [0.4, 0.5) is 0 Å². The van der Waals surface area contributed by atoms with E-state index in [1.165, 1.54) is 0 Å². The van der Waals surface area contributed by atoms with Crippen LogP contribution in [0, 0.1) is 0 Å². The van der Waals surface area contributed by atoms with Gasteiger partial charge in [-0.2, -0.15) is 5.10 Å². The first-order chi connectivity index (χ1) is 6.36. The first-order valence-corrected chi connectivity index (χ1v) is 4.62. The highest BCUT2D eigenvalue weighted by Gasteiger charge is 2.19. The first-order valence-electron chi connectivity index (χ1n) is 4.62. The van der Waals surface area contributed by atoms with Gasteiger partial charge in [0.05, 0.1) is 6.20 Å². The van der Waals surface area contributed by atoms with E-state index in [1.54, 1.807) is 6.20 Å². The third-order valence-electron chi connectivity index (χ3n) is 2.39. The number of nitrogens with zero attached hydrogens (tertiary/aromatic N) is 2. The summed E-state index contributed by atoms with van der Waals surface area (Å²) >= 11 is 0. The van der Waals surface area contributed by atoms with Crippen molar-refractivity contribution in [2.45, 2.75) is 19.3 Å². The maximum absolute atomic E-state index is 11.4. The largest absolute Gasteiger partial charge is 0.343 e. The Morgan fingerprint density at radius 2 is 2.46 bits per heavy atom. The summed E-state index contributed by atoms with van der Waals surface area (Å²) in [5.41, 5.74) is 1.11. The number of carbonyl (C=O) groups excluding carboxylic acids is 1. The minimum absolute atomic E-state index is 0.271. The van der Waals surface area contributed by atoms with Crippen molar-refractivity contribution in [1.29, 1.82) is 0 Å². The minimum atomic E-state index is 0.271. The van der Waals surface area contributed by atoms with Crippen LogP contribution in [0.1, 0.15) is 18.4 Å². The lowest BCUT2D eigenvalue weighted by atomic mass is 10.1. The Balaban J connectivity index is 1.76. The second kappa shape index (κ2) is 3.60. The lowest BCUT2D eigenvalue weighted by Gasteiger charge is -2.30. The molecule has 0 aliphatic carbocycles. The Morgan fingerprint density at radius 1 is 1.62 bits per heavy atom. The van der Waals surface area contributed by atoms with Crippen molar-refractivity contribution in [3.63, 3.8) is 0 Å². The Labute approximate surface area is 76.9 Å². The van der Waals surface area contributed by atoms with Crippen molar-refractivity contribution in [1.82, 2.24) is 15.1 Å². The van der Waals surface area contributed by atoms with Gasteiger partial charge < -0.3 is 4.90 Å². The normalized spacial score (nSPS) is 15.5. The fraction of sp³-hybridized carbons (Fsp3) is 0.556. The fourth-order valence-electron chi connectivity index (χ4n) is 1.39. The summed E-state index contributed by atoms with van der Waals surface area (Å²) in [6.07, 6.45) is 6.18. The van der Waals surface area contributed by atoms with E-state index in [9.17, 15) is 4.79 Å². The van der Waals surface area contributed by atoms with Gasteiger partial charge in [-0.1, -0.05) is 0 Å². The predicted octanol–water partition coefficient (Wildman–Crippen LogP) is 0.575. The number of H-pyrrole nitrogens is 1. The van der Waals surface area contributed by atoms with E-state index < -0.39 is 0 Å². The Kier molecular flexibility index (Phi) is 2.29. The molecule has 1 aliphatic heterocycles. The monoisotopic (exact) mass is 179 g/mol. The van der Waals surface area contributed by atoms with E-state index in [0.29, 0.717) is 6.42 Å². The van der Waals surface area contributed by atoms with E-state index in [0.717, 1.165) is 31.5 Å². The van der Waals surface area contributed by atoms with Crippen molar-refractivity contribution in [2.24, 2.45) is 0 Å². The molecule has 0 aromatic carbocycles. The highest BCUT2D eigenvalue weighted by atomic mass is 16.2. The number of carbonyl (C=O) groups is 1. The SMILES string of the molecule is O=C(CCc1cn[nH]c1)N1CCC1. The van der Waals surface area contributed by atoms with Crippen LogP contribution in [-0.4, -0.2) is 34.1 Å². The van der Waals surface area contributed by atoms with Gasteiger partial charge >= 0.3 is 0 Å². The molecule has 0 bridgehead atoms. The summed E-state index contributed by atoms with van der Waals surface area (Å²) in [7, 11) is 0. The van der Waals surface area contributed by atoms with Crippen LogP contribution in [0.25, 0.3) is 0 Å². The zero-order valence-corrected chi connectivity index (χ0v) is 7.49. The summed E-state index contributed by atoms with van der Waals surface area (Å²) in [6.45, 7) is 1.90. The molecule has 4 heteroatoms. The first kappa shape index (κ1) is 8.29. The maximum Gasteiger partial charge on any atom is 0.222 e. The Morgan fingerprint density at radius 3 is 3.00 bits per heavy atom. The zero-order chi connectivity index (χ0) is 9.10. The molecule has 13 heavy (non-hydrogen) atoms. The van der Waals surface area contributed by atoms with Crippen LogP contribution >= 0.6 is 0 Å². The molecule has 1 aromatic rings. The number of hydrogen-bond acceptors (Lipinski definition) is 2. The molecule has 1 amide bonds. The molecule has 1 saturated heterocycles. The van der Waals surface area contributed by atoms with Gasteiger partial charge in [0.1, 0.15) is 0 Å². The lowest BCUT2D eigenvalue weighted by Crippen LogP contribution is -2.42. The molecule has 0 spiro atoms. The summed E-state index contributed by atoms with van der Waals surface area (Å²) < 4.78 is 0. The van der Waals surface area contributed by atoms with Gasteiger partial charge in [0, 0.05) is 25.7 Å². The highest BCUT2D eigenvalue weighted by molar-refractivity contribution is 5.77. The third kappa shape index (κ3) is 1.88. The van der Waals surface area contributed by atoms with Crippen LogP contribution < -0.4 is 0 Å². The average Bonchev–Trinajstić information content (AvgIpc) is 2.49. The fourth-order valence-corrected chi connectivity index (χ4v) is 1.39. The number of likely N-dealkylation sites (tertiary alicyclic amines) is 1. The summed E-state index contributed by atoms with van der Waals surface area (Å²) in [5.74, 6) is 0.271. The summed E-state index contributed by atoms with van der Waals surface area (Å²) in [5, 5.41) is 6.56. The molecule has 0 atom stereocenters. The van der Waals surface area contributed by atoms with Crippen LogP contribution in [0.5, 0.6) is 0 Å². The number of hydrogen-bond donors (Lipinski definition) is 1. The van der Waals surface area contributed by atoms with E-state index in [2.05, 4.69) is 10.2 Å². The zero-order valence-electron chi connectivity index (χ0n) is 7.49. The van der Waals surface area contributed by atoms with Crippen molar-refractivity contribution >= 4 is 5.91 Å². The van der Waals surface area contributed by atoms with Crippen molar-refractivity contribution in [2.75, 3.05) is 13.1 Å². The number of rotatable bonds is 3. The molecule has 0 saturated carbocycles. The number of aromatic nitrogens is 2. The summed E-state index contributed by atoms with van der Waals surface area (Å²) in [6, 6.07) is 0. The lowest BCUT2D eigenvalue weighted by molar-refractivity contribution is -0.134. The van der Waals surface area contributed by atoms with E-state index in [4.69, 9.17) is 0 Å². The Hall–Kier alpha value is -1.32. The average molecular weight is 179 g/mol. The predicted molar refractivity (Wildman–Crippen MR) is 48.1 cm³/mol. The standard InChI is InChI=1S/C9H13N3O/c13-9(12-4-1-5-12)3-2-8-6-10-11-7-8/h6-7H,1-5H2,(H,10,11). The van der Waals surface area contributed by atoms with Gasteiger partial charge in [0.25, 0.3) is 0 Å². The molecule has 1 N–H and O–H groups in total. The van der Waals surface area contributed by atoms with E-state index >= 15 is 0 Å². The van der Waals surface area contributed by atoms with Gasteiger partial charge in [0.15, 0.2) is 0 Å². The van der Waals surface area contributed by atoms with Gasteiger partial charge in [0.2, 0.25) is 5.91 Å². The number of aryl methyl sites for hydroxylation is 1. The molecule has 2 heterocycles. The van der Waals surface area contributed by atoms with Crippen LogP contribution in [0.2, 0.25) is 0 Å². The summed E-state index contributed by atoms with van der Waals surface area (Å²) in [4.78, 5) is 13.3. The molecule has 0 unspecified atom stereocenters. The topological polar surface area (TPSA) is 49.0 Å². The molecule has 70 valence electrons. The molecule has 4 nitrogen and oxygen atoms in total. The molecular formula is C9H13N3O. The highest BCUT2D eigenvalue weighted by Crippen LogP contribution is 2.09. The van der Waals surface area contributed by atoms with Crippen LogP contribution in [-0.2, 0) is 11.2 Å². The molecule has 2 rings (SSSR count). The van der Waals surface area contributed by atoms with Crippen molar-refractivity contribution in [3.8, 4) is 0 Å². The van der Waals surface area contributed by atoms with Gasteiger partial charge in [-0.05, 0) is 18.4 Å². The number of amides is 1. The van der Waals surface area contributed by atoms with E-state index in [1.807, 2.05) is 11.1 Å². The molecular weight excluding hydrogens is 166 g/mol. The van der Waals surface area contributed by atoms with Gasteiger partial charge in [-0.25, -0.2) is 0 Å². The Bertz CT molecular complexity index is 277. The second-order valence-corrected chi connectivity index (χ2v) is 3.34. The van der Waals surface area contributed by atoms with Gasteiger partial charge in [-0.3, -0.25) is 9.89 Å². The molecule has 1 aromatic heterocycles. The van der Waals surface area contributed by atoms with Gasteiger partial charge in [-0.15, -0.1) is 0 Å². The molecule has 0 radical (unpaired) electrons.